The van der Waals surface area contributed by atoms with Crippen LogP contribution in [0.3, 0.4) is 0 Å². The molecule has 0 saturated heterocycles. The molecule has 1 heterocycles. The van der Waals surface area contributed by atoms with Crippen molar-refractivity contribution in [1.82, 2.24) is 15.1 Å². The van der Waals surface area contributed by atoms with Gasteiger partial charge in [0, 0.05) is 30.6 Å². The number of benzene rings is 1. The summed E-state index contributed by atoms with van der Waals surface area (Å²) in [6.45, 7) is 2.75. The molecule has 1 N–H and O–H groups in total. The number of aromatic nitrogens is 2. The predicted octanol–water partition coefficient (Wildman–Crippen LogP) is 1.40. The fourth-order valence-corrected chi connectivity index (χ4v) is 2.52. The smallest absolute Gasteiger partial charge is 0.151 e. The SMILES string of the molecule is CCS(=O)(=O)CCNCc1cnn(-c2ccccc2)c1. The summed E-state index contributed by atoms with van der Waals surface area (Å²) < 4.78 is 24.5. The van der Waals surface area contributed by atoms with E-state index in [1.165, 1.54) is 0 Å². The summed E-state index contributed by atoms with van der Waals surface area (Å²) in [5, 5.41) is 7.41. The van der Waals surface area contributed by atoms with Gasteiger partial charge in [0.1, 0.15) is 0 Å². The van der Waals surface area contributed by atoms with E-state index in [0.717, 1.165) is 11.3 Å². The monoisotopic (exact) mass is 293 g/mol. The molecule has 6 heteroatoms. The van der Waals surface area contributed by atoms with Crippen LogP contribution in [-0.4, -0.2) is 36.2 Å². The van der Waals surface area contributed by atoms with Crippen LogP contribution in [-0.2, 0) is 16.4 Å². The molecule has 5 nitrogen and oxygen atoms in total. The molecule has 0 atom stereocenters. The summed E-state index contributed by atoms with van der Waals surface area (Å²) in [6.07, 6.45) is 3.73. The molecule has 108 valence electrons. The first-order valence-corrected chi connectivity index (χ1v) is 8.43. The minimum absolute atomic E-state index is 0.177. The Morgan fingerprint density at radius 3 is 2.70 bits per heavy atom. The topological polar surface area (TPSA) is 64.0 Å². The van der Waals surface area contributed by atoms with Crippen molar-refractivity contribution in [3.05, 3.63) is 48.3 Å². The first-order valence-electron chi connectivity index (χ1n) is 6.61. The van der Waals surface area contributed by atoms with E-state index in [-0.39, 0.29) is 11.5 Å². The molecule has 1 aromatic carbocycles. The van der Waals surface area contributed by atoms with Crippen molar-refractivity contribution in [2.45, 2.75) is 13.5 Å². The van der Waals surface area contributed by atoms with E-state index in [1.54, 1.807) is 17.8 Å². The van der Waals surface area contributed by atoms with Crippen LogP contribution in [0.15, 0.2) is 42.7 Å². The third-order valence-corrected chi connectivity index (χ3v) is 4.72. The number of para-hydroxylation sites is 1. The first-order chi connectivity index (χ1) is 9.61. The lowest BCUT2D eigenvalue weighted by Crippen LogP contribution is -2.23. The van der Waals surface area contributed by atoms with Crippen LogP contribution in [0.5, 0.6) is 0 Å². The van der Waals surface area contributed by atoms with Crippen LogP contribution in [0.4, 0.5) is 0 Å². The van der Waals surface area contributed by atoms with Crippen molar-refractivity contribution >= 4 is 9.84 Å². The van der Waals surface area contributed by atoms with Gasteiger partial charge in [0.2, 0.25) is 0 Å². The second-order valence-electron chi connectivity index (χ2n) is 4.54. The number of hydrogen-bond donors (Lipinski definition) is 1. The quantitative estimate of drug-likeness (QED) is 0.784. The maximum absolute atomic E-state index is 11.3. The molecule has 0 saturated carbocycles. The fraction of sp³-hybridized carbons (Fsp3) is 0.357. The van der Waals surface area contributed by atoms with Gasteiger partial charge in [-0.2, -0.15) is 5.10 Å². The minimum Gasteiger partial charge on any atom is -0.312 e. The standard InChI is InChI=1S/C14H19N3O2S/c1-2-20(18,19)9-8-15-10-13-11-16-17(12-13)14-6-4-3-5-7-14/h3-7,11-12,15H,2,8-10H2,1H3. The highest BCUT2D eigenvalue weighted by molar-refractivity contribution is 7.91. The van der Waals surface area contributed by atoms with Crippen LogP contribution in [0, 0.1) is 0 Å². The molecule has 1 aromatic heterocycles. The molecule has 0 aliphatic heterocycles. The molecule has 0 radical (unpaired) electrons. The van der Waals surface area contributed by atoms with Gasteiger partial charge in [-0.25, -0.2) is 13.1 Å². The Bertz CT molecular complexity index is 635. The van der Waals surface area contributed by atoms with Crippen molar-refractivity contribution in [1.29, 1.82) is 0 Å². The third kappa shape index (κ3) is 4.18. The van der Waals surface area contributed by atoms with Gasteiger partial charge in [0.15, 0.2) is 9.84 Å². The Hall–Kier alpha value is -1.66. The summed E-state index contributed by atoms with van der Waals surface area (Å²) >= 11 is 0. The summed E-state index contributed by atoms with van der Waals surface area (Å²) in [5.74, 6) is 0.372. The van der Waals surface area contributed by atoms with Crippen molar-refractivity contribution in [3.8, 4) is 5.69 Å². The van der Waals surface area contributed by atoms with Gasteiger partial charge in [-0.3, -0.25) is 0 Å². The lowest BCUT2D eigenvalue weighted by Gasteiger charge is -2.03. The Balaban J connectivity index is 1.85. The Labute approximate surface area is 119 Å². The molecule has 20 heavy (non-hydrogen) atoms. The average Bonchev–Trinajstić information content (AvgIpc) is 2.93. The van der Waals surface area contributed by atoms with E-state index in [4.69, 9.17) is 0 Å². The molecular formula is C14H19N3O2S. The molecule has 0 bridgehead atoms. The molecular weight excluding hydrogens is 274 g/mol. The maximum Gasteiger partial charge on any atom is 0.151 e. The fourth-order valence-electron chi connectivity index (χ4n) is 1.78. The van der Waals surface area contributed by atoms with E-state index < -0.39 is 9.84 Å². The van der Waals surface area contributed by atoms with Crippen LogP contribution < -0.4 is 5.32 Å². The van der Waals surface area contributed by atoms with Gasteiger partial charge in [0.05, 0.1) is 17.6 Å². The van der Waals surface area contributed by atoms with E-state index >= 15 is 0 Å². The Morgan fingerprint density at radius 2 is 2.00 bits per heavy atom. The summed E-state index contributed by atoms with van der Waals surface area (Å²) in [7, 11) is -2.90. The van der Waals surface area contributed by atoms with Gasteiger partial charge >= 0.3 is 0 Å². The summed E-state index contributed by atoms with van der Waals surface area (Å²) in [4.78, 5) is 0. The number of rotatable bonds is 7. The molecule has 0 unspecified atom stereocenters. The summed E-state index contributed by atoms with van der Waals surface area (Å²) in [6, 6.07) is 9.86. The van der Waals surface area contributed by atoms with Crippen LogP contribution >= 0.6 is 0 Å². The Morgan fingerprint density at radius 1 is 1.25 bits per heavy atom. The number of hydrogen-bond acceptors (Lipinski definition) is 4. The minimum atomic E-state index is -2.90. The number of nitrogens with one attached hydrogen (secondary N) is 1. The third-order valence-electron chi connectivity index (χ3n) is 3.02. The molecule has 0 aliphatic carbocycles. The van der Waals surface area contributed by atoms with Crippen molar-refractivity contribution in [2.24, 2.45) is 0 Å². The first kappa shape index (κ1) is 14.7. The zero-order chi connectivity index (χ0) is 14.4. The van der Waals surface area contributed by atoms with Crippen LogP contribution in [0.25, 0.3) is 5.69 Å². The van der Waals surface area contributed by atoms with Crippen LogP contribution in [0.2, 0.25) is 0 Å². The Kier molecular flexibility index (Phi) is 4.92. The second-order valence-corrected chi connectivity index (χ2v) is 7.01. The maximum atomic E-state index is 11.3. The molecule has 0 spiro atoms. The second kappa shape index (κ2) is 6.67. The number of nitrogens with zero attached hydrogens (tertiary/aromatic N) is 2. The zero-order valence-corrected chi connectivity index (χ0v) is 12.3. The highest BCUT2D eigenvalue weighted by Gasteiger charge is 2.06. The summed E-state index contributed by atoms with van der Waals surface area (Å²) in [5.41, 5.74) is 2.04. The van der Waals surface area contributed by atoms with E-state index in [0.29, 0.717) is 13.1 Å². The van der Waals surface area contributed by atoms with Gasteiger partial charge < -0.3 is 5.32 Å². The van der Waals surface area contributed by atoms with Crippen molar-refractivity contribution in [2.75, 3.05) is 18.1 Å². The molecule has 0 aliphatic rings. The van der Waals surface area contributed by atoms with Gasteiger partial charge in [-0.05, 0) is 12.1 Å². The largest absolute Gasteiger partial charge is 0.312 e. The molecule has 2 rings (SSSR count). The van der Waals surface area contributed by atoms with E-state index in [2.05, 4.69) is 10.4 Å². The van der Waals surface area contributed by atoms with Gasteiger partial charge in [0.25, 0.3) is 0 Å². The van der Waals surface area contributed by atoms with Crippen molar-refractivity contribution < 1.29 is 8.42 Å². The van der Waals surface area contributed by atoms with Crippen molar-refractivity contribution in [3.63, 3.8) is 0 Å². The lowest BCUT2D eigenvalue weighted by molar-refractivity contribution is 0.592. The van der Waals surface area contributed by atoms with Gasteiger partial charge in [-0.15, -0.1) is 0 Å². The molecule has 2 aromatic rings. The molecule has 0 fully saturated rings. The zero-order valence-electron chi connectivity index (χ0n) is 11.5. The predicted molar refractivity (Wildman–Crippen MR) is 79.6 cm³/mol. The molecule has 0 amide bonds. The van der Waals surface area contributed by atoms with Gasteiger partial charge in [-0.1, -0.05) is 25.1 Å². The van der Waals surface area contributed by atoms with Crippen LogP contribution in [0.1, 0.15) is 12.5 Å². The lowest BCUT2D eigenvalue weighted by atomic mass is 10.3. The average molecular weight is 293 g/mol. The normalized spacial score (nSPS) is 11.7. The highest BCUT2D eigenvalue weighted by atomic mass is 32.2. The van der Waals surface area contributed by atoms with E-state index in [9.17, 15) is 8.42 Å². The number of sulfone groups is 1. The van der Waals surface area contributed by atoms with E-state index in [1.807, 2.05) is 36.5 Å². The highest BCUT2D eigenvalue weighted by Crippen LogP contribution is 2.07.